The van der Waals surface area contributed by atoms with Crippen molar-refractivity contribution in [3.05, 3.63) is 68.6 Å². The van der Waals surface area contributed by atoms with E-state index in [1.165, 1.54) is 49.6 Å². The lowest BCUT2D eigenvalue weighted by Crippen LogP contribution is -2.36. The van der Waals surface area contributed by atoms with Crippen molar-refractivity contribution in [2.45, 2.75) is 0 Å². The quantitative estimate of drug-likeness (QED) is 0.216. The molecule has 0 radical (unpaired) electrons. The Balaban J connectivity index is 1.81. The van der Waals surface area contributed by atoms with Crippen LogP contribution < -0.4 is 15.2 Å². The molecule has 11 nitrogen and oxygen atoms in total. The number of carbonyl (C=O) groups excluding carboxylic acids is 4. The molecule has 164 valence electrons. The van der Waals surface area contributed by atoms with E-state index < -0.39 is 34.5 Å². The maximum absolute atomic E-state index is 12.4. The van der Waals surface area contributed by atoms with E-state index in [1.54, 1.807) is 0 Å². The number of imide groups is 1. The summed E-state index contributed by atoms with van der Waals surface area (Å²) in [5.74, 6) is -2.10. The summed E-state index contributed by atoms with van der Waals surface area (Å²) in [5.41, 5.74) is 5.23. The molecule has 0 saturated carbocycles. The minimum atomic E-state index is -0.827. The second kappa shape index (κ2) is 9.31. The minimum absolute atomic E-state index is 0.0199. The van der Waals surface area contributed by atoms with Gasteiger partial charge >= 0.3 is 5.97 Å². The van der Waals surface area contributed by atoms with Crippen molar-refractivity contribution in [2.24, 2.45) is 5.73 Å². The number of nitro groups is 1. The second-order valence-corrected chi connectivity index (χ2v) is 7.33. The number of primary amides is 1. The Morgan fingerprint density at radius 1 is 1.19 bits per heavy atom. The van der Waals surface area contributed by atoms with Crippen LogP contribution in [0, 0.1) is 10.1 Å². The molecule has 3 amide bonds. The number of nitro benzene ring substituents is 1. The number of hydrogen-bond donors (Lipinski definition) is 1. The summed E-state index contributed by atoms with van der Waals surface area (Å²) in [7, 11) is 1.34. The molecule has 0 unspecified atom stereocenters. The maximum atomic E-state index is 12.4. The lowest BCUT2D eigenvalue weighted by Gasteiger charge is -2.10. The predicted octanol–water partition coefficient (Wildman–Crippen LogP) is 2.34. The van der Waals surface area contributed by atoms with E-state index in [0.717, 1.165) is 11.0 Å². The number of amides is 3. The number of rotatable bonds is 7. The van der Waals surface area contributed by atoms with Crippen molar-refractivity contribution in [3.8, 4) is 11.5 Å². The Morgan fingerprint density at radius 2 is 1.94 bits per heavy atom. The zero-order chi connectivity index (χ0) is 23.4. The van der Waals surface area contributed by atoms with Crippen LogP contribution in [0.5, 0.6) is 11.5 Å². The highest BCUT2D eigenvalue weighted by molar-refractivity contribution is 8.18. The van der Waals surface area contributed by atoms with Crippen LogP contribution in [0.15, 0.2) is 47.4 Å². The molecule has 32 heavy (non-hydrogen) atoms. The van der Waals surface area contributed by atoms with Crippen LogP contribution in [0.4, 0.5) is 10.5 Å². The number of thioether (sulfide) groups is 1. The van der Waals surface area contributed by atoms with E-state index in [4.69, 9.17) is 15.2 Å². The monoisotopic (exact) mass is 457 g/mol. The number of benzene rings is 2. The fourth-order valence-electron chi connectivity index (χ4n) is 2.71. The molecule has 2 aromatic carbocycles. The molecule has 1 aliphatic rings. The molecule has 12 heteroatoms. The van der Waals surface area contributed by atoms with E-state index in [9.17, 15) is 29.3 Å². The van der Waals surface area contributed by atoms with Crippen LogP contribution in [0.2, 0.25) is 0 Å². The molecule has 0 aromatic heterocycles. The molecule has 0 spiro atoms. The summed E-state index contributed by atoms with van der Waals surface area (Å²) in [6.45, 7) is -0.516. The van der Waals surface area contributed by atoms with E-state index in [-0.39, 0.29) is 27.7 Å². The highest BCUT2D eigenvalue weighted by Crippen LogP contribution is 2.34. The second-order valence-electron chi connectivity index (χ2n) is 6.34. The number of methoxy groups -OCH3 is 1. The number of ether oxygens (including phenoxy) is 2. The van der Waals surface area contributed by atoms with Crippen LogP contribution in [-0.4, -0.2) is 46.5 Å². The molecule has 2 aromatic rings. The van der Waals surface area contributed by atoms with Crippen LogP contribution >= 0.6 is 11.8 Å². The molecule has 2 N–H and O–H groups in total. The van der Waals surface area contributed by atoms with Gasteiger partial charge in [0.15, 0.2) is 11.5 Å². The highest BCUT2D eigenvalue weighted by Gasteiger charge is 2.35. The maximum Gasteiger partial charge on any atom is 0.343 e. The van der Waals surface area contributed by atoms with E-state index in [0.29, 0.717) is 17.3 Å². The summed E-state index contributed by atoms with van der Waals surface area (Å²) in [5, 5.41) is 10.3. The van der Waals surface area contributed by atoms with E-state index in [1.807, 2.05) is 0 Å². The lowest BCUT2D eigenvalue weighted by atomic mass is 10.1. The van der Waals surface area contributed by atoms with Gasteiger partial charge in [0.1, 0.15) is 6.54 Å². The zero-order valence-electron chi connectivity index (χ0n) is 16.5. The topological polar surface area (TPSA) is 159 Å². The van der Waals surface area contributed by atoms with Gasteiger partial charge in [0.25, 0.3) is 16.8 Å². The smallest absolute Gasteiger partial charge is 0.343 e. The number of esters is 1. The standard InChI is InChI=1S/C20H15N3O8S/c1-30-15-7-11(8-16-18(25)22(10-17(21)24)20(27)32-16)5-6-14(15)31-19(26)12-3-2-4-13(9-12)23(28)29/h2-9H,10H2,1H3,(H2,21,24)/b16-8-. The van der Waals surface area contributed by atoms with E-state index in [2.05, 4.69) is 0 Å². The average Bonchev–Trinajstić information content (AvgIpc) is 3.01. The van der Waals surface area contributed by atoms with Gasteiger partial charge in [0, 0.05) is 12.1 Å². The van der Waals surface area contributed by atoms with Crippen molar-refractivity contribution < 1.29 is 33.6 Å². The summed E-state index contributed by atoms with van der Waals surface area (Å²) in [6.07, 6.45) is 1.42. The lowest BCUT2D eigenvalue weighted by molar-refractivity contribution is -0.384. The fraction of sp³-hybridized carbons (Fsp3) is 0.100. The first-order valence-electron chi connectivity index (χ1n) is 8.88. The summed E-state index contributed by atoms with van der Waals surface area (Å²) < 4.78 is 10.5. The summed E-state index contributed by atoms with van der Waals surface area (Å²) >= 11 is 0.657. The van der Waals surface area contributed by atoms with Gasteiger partial charge in [-0.1, -0.05) is 12.1 Å². The average molecular weight is 457 g/mol. The van der Waals surface area contributed by atoms with Gasteiger partial charge in [-0.15, -0.1) is 0 Å². The molecular weight excluding hydrogens is 442 g/mol. The van der Waals surface area contributed by atoms with Gasteiger partial charge in [0.2, 0.25) is 5.91 Å². The number of non-ortho nitro benzene ring substituents is 1. The third kappa shape index (κ3) is 4.92. The summed E-state index contributed by atoms with van der Waals surface area (Å²) in [4.78, 5) is 58.7. The van der Waals surface area contributed by atoms with Crippen molar-refractivity contribution in [1.82, 2.24) is 4.90 Å². The van der Waals surface area contributed by atoms with Gasteiger partial charge in [-0.3, -0.25) is 29.4 Å². The first-order chi connectivity index (χ1) is 15.2. The molecule has 0 aliphatic carbocycles. The molecule has 1 heterocycles. The molecule has 0 atom stereocenters. The van der Waals surface area contributed by atoms with Crippen LogP contribution in [0.1, 0.15) is 15.9 Å². The SMILES string of the molecule is COc1cc(/C=C2\SC(=O)N(CC(N)=O)C2=O)ccc1OC(=O)c1cccc([N+](=O)[O-])c1. The minimum Gasteiger partial charge on any atom is -0.493 e. The molecule has 3 rings (SSSR count). The van der Waals surface area contributed by atoms with Crippen molar-refractivity contribution in [2.75, 3.05) is 13.7 Å². The van der Waals surface area contributed by atoms with Gasteiger partial charge in [-0.25, -0.2) is 4.79 Å². The fourth-order valence-corrected chi connectivity index (χ4v) is 3.55. The van der Waals surface area contributed by atoms with Gasteiger partial charge < -0.3 is 15.2 Å². The Hall–Kier alpha value is -4.19. The van der Waals surface area contributed by atoms with Crippen molar-refractivity contribution >= 4 is 46.5 Å². The van der Waals surface area contributed by atoms with Crippen LogP contribution in [0.3, 0.4) is 0 Å². The molecule has 1 saturated heterocycles. The van der Waals surface area contributed by atoms with Crippen molar-refractivity contribution in [3.63, 3.8) is 0 Å². The third-order valence-electron chi connectivity index (χ3n) is 4.17. The summed E-state index contributed by atoms with van der Waals surface area (Å²) in [6, 6.07) is 9.47. The van der Waals surface area contributed by atoms with E-state index >= 15 is 0 Å². The number of nitrogens with two attached hydrogens (primary N) is 1. The number of nitrogens with zero attached hydrogens (tertiary/aromatic N) is 2. The largest absolute Gasteiger partial charge is 0.493 e. The van der Waals surface area contributed by atoms with Gasteiger partial charge in [0.05, 0.1) is 22.5 Å². The molecule has 1 aliphatic heterocycles. The third-order valence-corrected chi connectivity index (χ3v) is 5.08. The first-order valence-corrected chi connectivity index (χ1v) is 9.69. The number of carbonyl (C=O) groups is 4. The molecule has 1 fully saturated rings. The van der Waals surface area contributed by atoms with Gasteiger partial charge in [-0.05, 0) is 41.6 Å². The van der Waals surface area contributed by atoms with Crippen molar-refractivity contribution in [1.29, 1.82) is 0 Å². The predicted molar refractivity (Wildman–Crippen MR) is 113 cm³/mol. The molecular formula is C20H15N3O8S. The Labute approximate surface area is 184 Å². The first kappa shape index (κ1) is 22.5. The Kier molecular flexibility index (Phi) is 6.54. The van der Waals surface area contributed by atoms with Crippen LogP contribution in [-0.2, 0) is 9.59 Å². The normalized spacial score (nSPS) is 14.5. The highest BCUT2D eigenvalue weighted by atomic mass is 32.2. The van der Waals surface area contributed by atoms with Gasteiger partial charge in [-0.2, -0.15) is 0 Å². The Bertz CT molecular complexity index is 1180. The molecule has 0 bridgehead atoms. The van der Waals surface area contributed by atoms with Crippen LogP contribution in [0.25, 0.3) is 6.08 Å². The zero-order valence-corrected chi connectivity index (χ0v) is 17.3. The Morgan fingerprint density at radius 3 is 2.59 bits per heavy atom. The number of hydrogen-bond acceptors (Lipinski definition) is 9.